The van der Waals surface area contributed by atoms with Gasteiger partial charge in [0.2, 0.25) is 0 Å². The zero-order valence-corrected chi connectivity index (χ0v) is 12.1. The number of ether oxygens (including phenoxy) is 1. The fraction of sp³-hybridized carbons (Fsp3) is 0.625. The maximum absolute atomic E-state index is 9.87. The smallest absolute Gasteiger partial charge is 0.119 e. The van der Waals surface area contributed by atoms with Gasteiger partial charge in [0.1, 0.15) is 18.5 Å². The molecule has 2 atom stereocenters. The zero-order valence-electron chi connectivity index (χ0n) is 12.1. The Morgan fingerprint density at radius 3 is 2.53 bits per heavy atom. The lowest BCUT2D eigenvalue weighted by atomic mass is 10.2. The third kappa shape index (κ3) is 4.22. The molecule has 0 bridgehead atoms. The summed E-state index contributed by atoms with van der Waals surface area (Å²) < 4.78 is 5.58. The van der Waals surface area contributed by atoms with Crippen LogP contribution in [0.15, 0.2) is 24.3 Å². The van der Waals surface area contributed by atoms with Crippen LogP contribution in [0.2, 0.25) is 0 Å². The van der Waals surface area contributed by atoms with Gasteiger partial charge >= 0.3 is 0 Å². The number of aryl methyl sites for hydroxylation is 1. The molecular weight excluding hydrogens is 238 g/mol. The molecule has 1 saturated carbocycles. The van der Waals surface area contributed by atoms with Crippen molar-refractivity contribution >= 4 is 0 Å². The summed E-state index contributed by atoms with van der Waals surface area (Å²) in [5.74, 6) is 0.822. The first-order chi connectivity index (χ1) is 9.01. The first-order valence-electron chi connectivity index (χ1n) is 7.14. The predicted molar refractivity (Wildman–Crippen MR) is 77.5 cm³/mol. The van der Waals surface area contributed by atoms with E-state index in [0.29, 0.717) is 24.6 Å². The molecule has 1 aromatic carbocycles. The lowest BCUT2D eigenvalue weighted by Gasteiger charge is -2.14. The van der Waals surface area contributed by atoms with E-state index in [1.54, 1.807) is 0 Å². The Morgan fingerprint density at radius 1 is 1.37 bits per heavy atom. The third-order valence-electron chi connectivity index (χ3n) is 3.89. The van der Waals surface area contributed by atoms with Crippen LogP contribution in [-0.2, 0) is 6.42 Å². The Bertz CT molecular complexity index is 400. The van der Waals surface area contributed by atoms with Crippen LogP contribution in [0.4, 0.5) is 0 Å². The summed E-state index contributed by atoms with van der Waals surface area (Å²) >= 11 is 0. The van der Waals surface area contributed by atoms with E-state index in [-0.39, 0.29) is 0 Å². The summed E-state index contributed by atoms with van der Waals surface area (Å²) in [6.07, 6.45) is 1.77. The van der Waals surface area contributed by atoms with Crippen molar-refractivity contribution in [2.45, 2.75) is 45.8 Å². The van der Waals surface area contributed by atoms with Gasteiger partial charge < -0.3 is 15.2 Å². The molecule has 106 valence electrons. The van der Waals surface area contributed by atoms with Gasteiger partial charge in [0.05, 0.1) is 0 Å². The number of benzene rings is 1. The Balaban J connectivity index is 1.66. The second-order valence-corrected chi connectivity index (χ2v) is 6.12. The molecule has 2 unspecified atom stereocenters. The van der Waals surface area contributed by atoms with E-state index < -0.39 is 6.10 Å². The van der Waals surface area contributed by atoms with Gasteiger partial charge in [0.15, 0.2) is 0 Å². The van der Waals surface area contributed by atoms with Gasteiger partial charge in [0.25, 0.3) is 0 Å². The van der Waals surface area contributed by atoms with Gasteiger partial charge in [0, 0.05) is 12.6 Å². The van der Waals surface area contributed by atoms with Crippen LogP contribution in [-0.4, -0.2) is 30.4 Å². The molecule has 0 radical (unpaired) electrons. The molecule has 2 N–H and O–H groups in total. The second-order valence-electron chi connectivity index (χ2n) is 6.12. The Hall–Kier alpha value is -1.06. The van der Waals surface area contributed by atoms with Gasteiger partial charge in [-0.1, -0.05) is 32.9 Å². The van der Waals surface area contributed by atoms with Gasteiger partial charge in [-0.25, -0.2) is 0 Å². The van der Waals surface area contributed by atoms with Crippen molar-refractivity contribution in [3.05, 3.63) is 29.8 Å². The molecule has 0 saturated heterocycles. The predicted octanol–water partition coefficient (Wildman–Crippen LogP) is 2.38. The minimum Gasteiger partial charge on any atom is -0.491 e. The van der Waals surface area contributed by atoms with Crippen LogP contribution < -0.4 is 10.1 Å². The first-order valence-corrected chi connectivity index (χ1v) is 7.14. The van der Waals surface area contributed by atoms with Gasteiger partial charge in [-0.15, -0.1) is 0 Å². The highest BCUT2D eigenvalue weighted by atomic mass is 16.5. The molecule has 0 aromatic heterocycles. The summed E-state index contributed by atoms with van der Waals surface area (Å²) in [6, 6.07) is 8.59. The minimum atomic E-state index is -0.456. The minimum absolute atomic E-state index is 0.339. The van der Waals surface area contributed by atoms with Crippen molar-refractivity contribution in [2.75, 3.05) is 13.2 Å². The van der Waals surface area contributed by atoms with E-state index in [2.05, 4.69) is 38.2 Å². The standard InChI is InChI=1S/C16H25NO2/c1-4-12-5-7-14(8-6-12)19-11-13(18)10-17-15-9-16(15,2)3/h5-8,13,15,17-18H,4,9-11H2,1-3H3. The molecule has 19 heavy (non-hydrogen) atoms. The monoisotopic (exact) mass is 263 g/mol. The highest BCUT2D eigenvalue weighted by molar-refractivity contribution is 5.27. The normalized spacial score (nSPS) is 22.0. The Labute approximate surface area is 116 Å². The molecule has 1 fully saturated rings. The van der Waals surface area contributed by atoms with E-state index in [4.69, 9.17) is 4.74 Å². The van der Waals surface area contributed by atoms with Crippen LogP contribution in [0, 0.1) is 5.41 Å². The van der Waals surface area contributed by atoms with Crippen molar-refractivity contribution < 1.29 is 9.84 Å². The van der Waals surface area contributed by atoms with Crippen LogP contribution in [0.5, 0.6) is 5.75 Å². The second kappa shape index (κ2) is 5.93. The maximum atomic E-state index is 9.87. The van der Waals surface area contributed by atoms with E-state index in [0.717, 1.165) is 12.2 Å². The number of aliphatic hydroxyl groups is 1. The van der Waals surface area contributed by atoms with Crippen molar-refractivity contribution in [3.8, 4) is 5.75 Å². The zero-order chi connectivity index (χ0) is 13.9. The highest BCUT2D eigenvalue weighted by Crippen LogP contribution is 2.44. The lowest BCUT2D eigenvalue weighted by molar-refractivity contribution is 0.105. The molecule has 1 aliphatic carbocycles. The first kappa shape index (κ1) is 14.4. The third-order valence-corrected chi connectivity index (χ3v) is 3.89. The number of aliphatic hydroxyl groups excluding tert-OH is 1. The number of hydrogen-bond acceptors (Lipinski definition) is 3. The molecule has 0 amide bonds. The number of hydrogen-bond donors (Lipinski definition) is 2. The molecule has 3 heteroatoms. The maximum Gasteiger partial charge on any atom is 0.119 e. The fourth-order valence-corrected chi connectivity index (χ4v) is 2.17. The molecule has 3 nitrogen and oxygen atoms in total. The van der Waals surface area contributed by atoms with Gasteiger partial charge in [-0.05, 0) is 36.0 Å². The quantitative estimate of drug-likeness (QED) is 0.793. The lowest BCUT2D eigenvalue weighted by Crippen LogP contribution is -2.34. The van der Waals surface area contributed by atoms with E-state index in [1.807, 2.05) is 12.1 Å². The average Bonchev–Trinajstić information content (AvgIpc) is 3.02. The van der Waals surface area contributed by atoms with Crippen LogP contribution >= 0.6 is 0 Å². The van der Waals surface area contributed by atoms with E-state index in [9.17, 15) is 5.11 Å². The SMILES string of the molecule is CCc1ccc(OCC(O)CNC2CC2(C)C)cc1. The van der Waals surface area contributed by atoms with Crippen LogP contribution in [0.3, 0.4) is 0 Å². The van der Waals surface area contributed by atoms with Crippen molar-refractivity contribution in [1.82, 2.24) is 5.32 Å². The van der Waals surface area contributed by atoms with Crippen molar-refractivity contribution in [1.29, 1.82) is 0 Å². The molecule has 2 rings (SSSR count). The number of nitrogens with one attached hydrogen (secondary N) is 1. The molecule has 1 aliphatic rings. The van der Waals surface area contributed by atoms with E-state index >= 15 is 0 Å². The van der Waals surface area contributed by atoms with Gasteiger partial charge in [-0.2, -0.15) is 0 Å². The summed E-state index contributed by atoms with van der Waals surface area (Å²) in [7, 11) is 0. The summed E-state index contributed by atoms with van der Waals surface area (Å²) in [5, 5.41) is 13.2. The Morgan fingerprint density at radius 2 is 2.00 bits per heavy atom. The largest absolute Gasteiger partial charge is 0.491 e. The Kier molecular flexibility index (Phi) is 4.48. The van der Waals surface area contributed by atoms with Gasteiger partial charge in [-0.3, -0.25) is 0 Å². The van der Waals surface area contributed by atoms with Crippen molar-refractivity contribution in [3.63, 3.8) is 0 Å². The molecule has 0 aliphatic heterocycles. The van der Waals surface area contributed by atoms with Crippen molar-refractivity contribution in [2.24, 2.45) is 5.41 Å². The topological polar surface area (TPSA) is 41.5 Å². The van der Waals surface area contributed by atoms with E-state index in [1.165, 1.54) is 12.0 Å². The van der Waals surface area contributed by atoms with Crippen LogP contribution in [0.25, 0.3) is 0 Å². The molecule has 1 aromatic rings. The average molecular weight is 263 g/mol. The summed E-state index contributed by atoms with van der Waals surface area (Å²) in [4.78, 5) is 0. The summed E-state index contributed by atoms with van der Waals surface area (Å²) in [6.45, 7) is 7.54. The van der Waals surface area contributed by atoms with Crippen LogP contribution in [0.1, 0.15) is 32.8 Å². The molecular formula is C16H25NO2. The molecule has 0 spiro atoms. The molecule has 0 heterocycles. The summed E-state index contributed by atoms with van der Waals surface area (Å²) in [5.41, 5.74) is 1.70. The highest BCUT2D eigenvalue weighted by Gasteiger charge is 2.45. The number of rotatable bonds is 7. The fourth-order valence-electron chi connectivity index (χ4n) is 2.17.